The van der Waals surface area contributed by atoms with Gasteiger partial charge in [-0.25, -0.2) is 8.42 Å². The van der Waals surface area contributed by atoms with Crippen molar-refractivity contribution in [2.45, 2.75) is 37.2 Å². The van der Waals surface area contributed by atoms with Crippen LogP contribution >= 0.6 is 11.6 Å². The summed E-state index contributed by atoms with van der Waals surface area (Å²) in [5.41, 5.74) is 2.54. The van der Waals surface area contributed by atoms with Crippen molar-refractivity contribution in [1.82, 2.24) is 10.2 Å². The molecule has 1 N–H and O–H groups in total. The molecule has 1 amide bonds. The zero-order chi connectivity index (χ0) is 26.3. The highest BCUT2D eigenvalue weighted by Gasteiger charge is 2.27. The molecule has 1 aliphatic heterocycles. The number of carbonyl (C=O) groups excluding carboxylic acids is 1. The molecule has 0 aromatic heterocycles. The predicted molar refractivity (Wildman–Crippen MR) is 146 cm³/mol. The number of benzene rings is 3. The molecule has 7 nitrogen and oxygen atoms in total. The largest absolute Gasteiger partial charge is 0.497 e. The number of ether oxygens (including phenoxy) is 1. The van der Waals surface area contributed by atoms with Gasteiger partial charge >= 0.3 is 0 Å². The maximum atomic E-state index is 13.5. The third-order valence-corrected chi connectivity index (χ3v) is 8.46. The minimum absolute atomic E-state index is 0.0559. The van der Waals surface area contributed by atoms with E-state index in [1.165, 1.54) is 44.1 Å². The van der Waals surface area contributed by atoms with Crippen molar-refractivity contribution in [2.75, 3.05) is 31.0 Å². The number of rotatable bonds is 10. The summed E-state index contributed by atoms with van der Waals surface area (Å²) in [6, 6.07) is 20.6. The lowest BCUT2D eigenvalue weighted by Crippen LogP contribution is -2.40. The normalized spacial score (nSPS) is 14.2. The Balaban J connectivity index is 1.43. The lowest BCUT2D eigenvalue weighted by molar-refractivity contribution is -0.119. The number of sulfonamides is 1. The molecule has 1 heterocycles. The van der Waals surface area contributed by atoms with E-state index in [0.29, 0.717) is 23.0 Å². The summed E-state index contributed by atoms with van der Waals surface area (Å²) in [5.74, 6) is 0.126. The summed E-state index contributed by atoms with van der Waals surface area (Å²) >= 11 is 6.01. The predicted octanol–water partition coefficient (Wildman–Crippen LogP) is 4.85. The molecule has 0 saturated carbocycles. The number of likely N-dealkylation sites (tertiary alicyclic amines) is 1. The van der Waals surface area contributed by atoms with E-state index in [9.17, 15) is 13.2 Å². The van der Waals surface area contributed by atoms with Crippen molar-refractivity contribution in [3.8, 4) is 5.75 Å². The highest BCUT2D eigenvalue weighted by atomic mass is 35.5. The number of nitrogens with one attached hydrogen (secondary N) is 1. The first kappa shape index (κ1) is 27.0. The Kier molecular flexibility index (Phi) is 9.08. The summed E-state index contributed by atoms with van der Waals surface area (Å²) in [6.45, 7) is 3.15. The molecule has 0 unspecified atom stereocenters. The Morgan fingerprint density at radius 3 is 2.16 bits per heavy atom. The second-order valence-electron chi connectivity index (χ2n) is 9.09. The van der Waals surface area contributed by atoms with Crippen LogP contribution in [-0.4, -0.2) is 46.0 Å². The van der Waals surface area contributed by atoms with Crippen LogP contribution in [0.1, 0.15) is 30.4 Å². The molecule has 1 fully saturated rings. The van der Waals surface area contributed by atoms with Gasteiger partial charge < -0.3 is 10.1 Å². The van der Waals surface area contributed by atoms with Gasteiger partial charge in [-0.15, -0.1) is 0 Å². The number of carbonyl (C=O) groups is 1. The fraction of sp³-hybridized carbons (Fsp3) is 0.321. The van der Waals surface area contributed by atoms with Crippen LogP contribution in [0.15, 0.2) is 77.7 Å². The lowest BCUT2D eigenvalue weighted by Gasteiger charge is -2.26. The van der Waals surface area contributed by atoms with Crippen molar-refractivity contribution in [2.24, 2.45) is 0 Å². The molecule has 1 aliphatic rings. The van der Waals surface area contributed by atoms with Crippen molar-refractivity contribution >= 4 is 33.2 Å². The van der Waals surface area contributed by atoms with Crippen LogP contribution in [0.2, 0.25) is 5.02 Å². The second-order valence-corrected chi connectivity index (χ2v) is 11.4. The molecule has 196 valence electrons. The summed E-state index contributed by atoms with van der Waals surface area (Å²) in [6.07, 6.45) is 3.82. The summed E-state index contributed by atoms with van der Waals surface area (Å²) < 4.78 is 33.2. The first-order valence-electron chi connectivity index (χ1n) is 12.3. The van der Waals surface area contributed by atoms with Crippen molar-refractivity contribution < 1.29 is 17.9 Å². The molecule has 1 saturated heterocycles. The molecule has 37 heavy (non-hydrogen) atoms. The van der Waals surface area contributed by atoms with Gasteiger partial charge in [0.15, 0.2) is 0 Å². The molecular formula is C28H32ClN3O4S. The maximum Gasteiger partial charge on any atom is 0.264 e. The Bertz CT molecular complexity index is 1270. The highest BCUT2D eigenvalue weighted by Crippen LogP contribution is 2.26. The van der Waals surface area contributed by atoms with E-state index in [1.807, 2.05) is 12.1 Å². The van der Waals surface area contributed by atoms with Crippen molar-refractivity contribution in [3.63, 3.8) is 0 Å². The fourth-order valence-electron chi connectivity index (χ4n) is 4.32. The summed E-state index contributed by atoms with van der Waals surface area (Å²) in [4.78, 5) is 15.4. The Morgan fingerprint density at radius 2 is 1.54 bits per heavy atom. The zero-order valence-corrected chi connectivity index (χ0v) is 22.5. The average molecular weight is 542 g/mol. The first-order chi connectivity index (χ1) is 17.8. The van der Waals surface area contributed by atoms with Gasteiger partial charge in [0, 0.05) is 18.1 Å². The van der Waals surface area contributed by atoms with E-state index in [0.717, 1.165) is 29.5 Å². The standard InChI is InChI=1S/C28H32ClN3O4S/c1-36-26-13-15-27(16-14-26)37(34,35)32(25-11-9-24(29)10-12-25)21-28(33)30-19-22-5-7-23(8-6-22)20-31-17-3-2-4-18-31/h5-16H,2-4,17-21H2,1H3,(H,30,33). The van der Waals surface area contributed by atoms with Crippen LogP contribution in [0.3, 0.4) is 0 Å². The molecular weight excluding hydrogens is 510 g/mol. The summed E-state index contributed by atoms with van der Waals surface area (Å²) in [7, 11) is -2.51. The van der Waals surface area contributed by atoms with Gasteiger partial charge in [0.05, 0.1) is 17.7 Å². The van der Waals surface area contributed by atoms with E-state index in [-0.39, 0.29) is 11.4 Å². The lowest BCUT2D eigenvalue weighted by atomic mass is 10.1. The van der Waals surface area contributed by atoms with Crippen molar-refractivity contribution in [1.29, 1.82) is 0 Å². The van der Waals surface area contributed by atoms with E-state index < -0.39 is 15.9 Å². The quantitative estimate of drug-likeness (QED) is 0.397. The molecule has 3 aromatic carbocycles. The number of amides is 1. The molecule has 0 bridgehead atoms. The van der Waals surface area contributed by atoms with E-state index in [1.54, 1.807) is 36.4 Å². The monoisotopic (exact) mass is 541 g/mol. The van der Waals surface area contributed by atoms with Gasteiger partial charge in [-0.3, -0.25) is 14.0 Å². The van der Waals surface area contributed by atoms with Crippen molar-refractivity contribution in [3.05, 3.63) is 88.9 Å². The number of methoxy groups -OCH3 is 1. The minimum Gasteiger partial charge on any atom is -0.497 e. The molecule has 0 aliphatic carbocycles. The molecule has 9 heteroatoms. The third kappa shape index (κ3) is 7.25. The number of piperidine rings is 1. The number of hydrogen-bond acceptors (Lipinski definition) is 5. The first-order valence-corrected chi connectivity index (χ1v) is 14.2. The van der Waals surface area contributed by atoms with Gasteiger partial charge in [0.25, 0.3) is 10.0 Å². The number of anilines is 1. The molecule has 0 atom stereocenters. The van der Waals surface area contributed by atoms with Gasteiger partial charge in [-0.2, -0.15) is 0 Å². The van der Waals surface area contributed by atoms with Gasteiger partial charge in [-0.05, 0) is 85.6 Å². The van der Waals surface area contributed by atoms with Crippen LogP contribution in [-0.2, 0) is 27.9 Å². The van der Waals surface area contributed by atoms with E-state index >= 15 is 0 Å². The van der Waals surface area contributed by atoms with Crippen LogP contribution in [0, 0.1) is 0 Å². The minimum atomic E-state index is -4.02. The molecule has 4 rings (SSSR count). The fourth-order valence-corrected chi connectivity index (χ4v) is 5.87. The number of nitrogens with zero attached hydrogens (tertiary/aromatic N) is 2. The van der Waals surface area contributed by atoms with E-state index in [4.69, 9.17) is 16.3 Å². The van der Waals surface area contributed by atoms with Gasteiger partial charge in [0.1, 0.15) is 12.3 Å². The van der Waals surface area contributed by atoms with Crippen LogP contribution in [0.25, 0.3) is 0 Å². The Morgan fingerprint density at radius 1 is 0.919 bits per heavy atom. The maximum absolute atomic E-state index is 13.5. The smallest absolute Gasteiger partial charge is 0.264 e. The average Bonchev–Trinajstić information content (AvgIpc) is 2.92. The Hall–Kier alpha value is -3.07. The van der Waals surface area contributed by atoms with Crippen LogP contribution in [0.4, 0.5) is 5.69 Å². The number of halogens is 1. The SMILES string of the molecule is COc1ccc(S(=O)(=O)N(CC(=O)NCc2ccc(CN3CCCCC3)cc2)c2ccc(Cl)cc2)cc1. The number of hydrogen-bond donors (Lipinski definition) is 1. The summed E-state index contributed by atoms with van der Waals surface area (Å²) in [5, 5.41) is 3.32. The molecule has 3 aromatic rings. The van der Waals surface area contributed by atoms with Crippen LogP contribution in [0.5, 0.6) is 5.75 Å². The topological polar surface area (TPSA) is 79.0 Å². The Labute approximate surface area is 224 Å². The highest BCUT2D eigenvalue weighted by molar-refractivity contribution is 7.92. The van der Waals surface area contributed by atoms with Gasteiger partial charge in [-0.1, -0.05) is 42.3 Å². The van der Waals surface area contributed by atoms with E-state index in [2.05, 4.69) is 22.3 Å². The molecule has 0 spiro atoms. The van der Waals surface area contributed by atoms with Crippen LogP contribution < -0.4 is 14.4 Å². The van der Waals surface area contributed by atoms with Gasteiger partial charge in [0.2, 0.25) is 5.91 Å². The second kappa shape index (κ2) is 12.4. The zero-order valence-electron chi connectivity index (χ0n) is 20.9. The molecule has 0 radical (unpaired) electrons. The third-order valence-electron chi connectivity index (χ3n) is 6.42.